The maximum absolute atomic E-state index is 11.9. The molecule has 0 saturated heterocycles. The number of benzene rings is 1. The number of rotatable bonds is 3. The Balaban J connectivity index is 2.02. The van der Waals surface area contributed by atoms with E-state index in [9.17, 15) is 4.79 Å². The molecule has 2 rings (SSSR count). The number of hydrogen-bond acceptors (Lipinski definition) is 3. The number of hydrogen-bond donors (Lipinski definition) is 2. The molecule has 0 saturated carbocycles. The molecule has 0 aliphatic heterocycles. The normalized spacial score (nSPS) is 11.0. The van der Waals surface area contributed by atoms with Crippen LogP contribution < -0.4 is 10.6 Å². The van der Waals surface area contributed by atoms with E-state index in [0.717, 1.165) is 11.4 Å². The second-order valence-electron chi connectivity index (χ2n) is 5.77. The molecule has 1 heterocycles. The molecule has 110 valence electrons. The first-order valence-corrected chi connectivity index (χ1v) is 7.02. The number of halogens is 1. The van der Waals surface area contributed by atoms with Crippen molar-refractivity contribution in [2.75, 3.05) is 10.6 Å². The van der Waals surface area contributed by atoms with E-state index < -0.39 is 5.41 Å². The summed E-state index contributed by atoms with van der Waals surface area (Å²) < 4.78 is 0. The summed E-state index contributed by atoms with van der Waals surface area (Å²) in [7, 11) is 0. The van der Waals surface area contributed by atoms with E-state index in [1.807, 2.05) is 51.1 Å². The molecule has 0 aliphatic carbocycles. The van der Waals surface area contributed by atoms with Crippen LogP contribution in [0.15, 0.2) is 42.6 Å². The lowest BCUT2D eigenvalue weighted by Crippen LogP contribution is -2.27. The molecule has 1 aromatic heterocycles. The van der Waals surface area contributed by atoms with Crippen molar-refractivity contribution >= 4 is 34.7 Å². The van der Waals surface area contributed by atoms with Crippen LogP contribution in [-0.4, -0.2) is 10.9 Å². The molecule has 5 heteroatoms. The average Bonchev–Trinajstić information content (AvgIpc) is 2.42. The lowest BCUT2D eigenvalue weighted by Gasteiger charge is -2.17. The zero-order valence-electron chi connectivity index (χ0n) is 12.3. The number of aromatic nitrogens is 1. The van der Waals surface area contributed by atoms with Gasteiger partial charge in [0.2, 0.25) is 5.91 Å². The van der Waals surface area contributed by atoms with Crippen LogP contribution in [0.4, 0.5) is 17.2 Å². The van der Waals surface area contributed by atoms with Crippen LogP contribution in [0, 0.1) is 5.41 Å². The molecule has 0 aliphatic rings. The van der Waals surface area contributed by atoms with Crippen molar-refractivity contribution in [2.24, 2.45) is 5.41 Å². The van der Waals surface area contributed by atoms with Gasteiger partial charge in [0.25, 0.3) is 0 Å². The van der Waals surface area contributed by atoms with Crippen molar-refractivity contribution in [2.45, 2.75) is 20.8 Å². The molecule has 0 atom stereocenters. The van der Waals surface area contributed by atoms with Crippen molar-refractivity contribution in [3.05, 3.63) is 47.6 Å². The molecule has 0 radical (unpaired) electrons. The third-order valence-electron chi connectivity index (χ3n) is 2.82. The zero-order valence-corrected chi connectivity index (χ0v) is 13.0. The van der Waals surface area contributed by atoms with E-state index in [1.54, 1.807) is 12.3 Å². The molecule has 0 bridgehead atoms. The van der Waals surface area contributed by atoms with E-state index in [-0.39, 0.29) is 5.91 Å². The number of nitrogens with zero attached hydrogens (tertiary/aromatic N) is 1. The maximum Gasteiger partial charge on any atom is 0.230 e. The Bertz CT molecular complexity index is 615. The average molecular weight is 304 g/mol. The minimum atomic E-state index is -0.443. The molecule has 2 N–H and O–H groups in total. The predicted molar refractivity (Wildman–Crippen MR) is 87.1 cm³/mol. The van der Waals surface area contributed by atoms with Crippen LogP contribution in [0.25, 0.3) is 0 Å². The number of nitrogens with one attached hydrogen (secondary N) is 2. The highest BCUT2D eigenvalue weighted by Gasteiger charge is 2.21. The van der Waals surface area contributed by atoms with Gasteiger partial charge in [0.05, 0.1) is 11.9 Å². The fourth-order valence-electron chi connectivity index (χ4n) is 1.55. The molecule has 0 fully saturated rings. The summed E-state index contributed by atoms with van der Waals surface area (Å²) in [6, 6.07) is 11.0. The van der Waals surface area contributed by atoms with Gasteiger partial charge in [-0.2, -0.15) is 0 Å². The minimum Gasteiger partial charge on any atom is -0.354 e. The van der Waals surface area contributed by atoms with Gasteiger partial charge in [0.1, 0.15) is 5.82 Å². The quantitative estimate of drug-likeness (QED) is 0.880. The Morgan fingerprint density at radius 1 is 1.05 bits per heavy atom. The smallest absolute Gasteiger partial charge is 0.230 e. The first-order chi connectivity index (χ1) is 9.84. The van der Waals surface area contributed by atoms with Gasteiger partial charge in [-0.3, -0.25) is 4.79 Å². The molecule has 4 nitrogen and oxygen atoms in total. The first-order valence-electron chi connectivity index (χ1n) is 6.65. The van der Waals surface area contributed by atoms with Crippen LogP contribution in [0.2, 0.25) is 5.02 Å². The van der Waals surface area contributed by atoms with Gasteiger partial charge in [-0.1, -0.05) is 32.4 Å². The predicted octanol–water partition coefficient (Wildman–Crippen LogP) is 4.46. The van der Waals surface area contributed by atoms with Gasteiger partial charge >= 0.3 is 0 Å². The Morgan fingerprint density at radius 2 is 1.67 bits per heavy atom. The maximum atomic E-state index is 11.9. The van der Waals surface area contributed by atoms with Gasteiger partial charge in [0.15, 0.2) is 0 Å². The number of amides is 1. The van der Waals surface area contributed by atoms with E-state index in [0.29, 0.717) is 10.8 Å². The van der Waals surface area contributed by atoms with Crippen LogP contribution >= 0.6 is 11.6 Å². The van der Waals surface area contributed by atoms with Crippen molar-refractivity contribution < 1.29 is 4.79 Å². The second-order valence-corrected chi connectivity index (χ2v) is 6.20. The molecular formula is C16H18ClN3O. The number of carbonyl (C=O) groups is 1. The summed E-state index contributed by atoms with van der Waals surface area (Å²) >= 11 is 5.84. The van der Waals surface area contributed by atoms with Crippen LogP contribution in [0.1, 0.15) is 20.8 Å². The highest BCUT2D eigenvalue weighted by molar-refractivity contribution is 6.30. The first kappa shape index (κ1) is 15.3. The number of pyridine rings is 1. The fraction of sp³-hybridized carbons (Fsp3) is 0.250. The van der Waals surface area contributed by atoms with Crippen LogP contribution in [0.3, 0.4) is 0 Å². The summed E-state index contributed by atoms with van der Waals surface area (Å²) in [5.41, 5.74) is 1.32. The van der Waals surface area contributed by atoms with Gasteiger partial charge in [-0.05, 0) is 36.4 Å². The van der Waals surface area contributed by atoms with Crippen LogP contribution in [0.5, 0.6) is 0 Å². The molecular weight excluding hydrogens is 286 g/mol. The standard InChI is InChI=1S/C16H18ClN3O/c1-16(2,3)15(21)20-14-9-8-13(10-18-14)19-12-6-4-11(17)5-7-12/h4-10,19H,1-3H3,(H,18,20,21). The Labute approximate surface area is 129 Å². The van der Waals surface area contributed by atoms with Gasteiger partial charge in [0, 0.05) is 16.1 Å². The molecule has 21 heavy (non-hydrogen) atoms. The lowest BCUT2D eigenvalue weighted by atomic mass is 9.96. The SMILES string of the molecule is CC(C)(C)C(=O)Nc1ccc(Nc2ccc(Cl)cc2)cn1. The lowest BCUT2D eigenvalue weighted by molar-refractivity contribution is -0.123. The summed E-state index contributed by atoms with van der Waals surface area (Å²) in [5, 5.41) is 6.69. The van der Waals surface area contributed by atoms with E-state index in [1.165, 1.54) is 0 Å². The monoisotopic (exact) mass is 303 g/mol. The summed E-state index contributed by atoms with van der Waals surface area (Å²) in [5.74, 6) is 0.477. The van der Waals surface area contributed by atoms with Gasteiger partial charge in [-0.15, -0.1) is 0 Å². The Morgan fingerprint density at radius 3 is 2.19 bits per heavy atom. The van der Waals surface area contributed by atoms with Crippen molar-refractivity contribution in [3.63, 3.8) is 0 Å². The van der Waals surface area contributed by atoms with Crippen LogP contribution in [-0.2, 0) is 4.79 Å². The van der Waals surface area contributed by atoms with E-state index >= 15 is 0 Å². The van der Waals surface area contributed by atoms with E-state index in [4.69, 9.17) is 11.6 Å². The van der Waals surface area contributed by atoms with Crippen molar-refractivity contribution in [3.8, 4) is 0 Å². The number of carbonyl (C=O) groups excluding carboxylic acids is 1. The summed E-state index contributed by atoms with van der Waals surface area (Å²) in [6.45, 7) is 5.58. The highest BCUT2D eigenvalue weighted by Crippen LogP contribution is 2.20. The molecule has 1 aromatic carbocycles. The second kappa shape index (κ2) is 6.14. The summed E-state index contributed by atoms with van der Waals surface area (Å²) in [4.78, 5) is 16.1. The third-order valence-corrected chi connectivity index (χ3v) is 3.07. The Kier molecular flexibility index (Phi) is 4.48. The molecule has 0 spiro atoms. The zero-order chi connectivity index (χ0) is 15.5. The van der Waals surface area contributed by atoms with Crippen molar-refractivity contribution in [1.29, 1.82) is 0 Å². The number of anilines is 3. The molecule has 1 amide bonds. The largest absolute Gasteiger partial charge is 0.354 e. The van der Waals surface area contributed by atoms with Gasteiger partial charge < -0.3 is 10.6 Å². The summed E-state index contributed by atoms with van der Waals surface area (Å²) in [6.07, 6.45) is 1.67. The highest BCUT2D eigenvalue weighted by atomic mass is 35.5. The third kappa shape index (κ3) is 4.46. The minimum absolute atomic E-state index is 0.0617. The topological polar surface area (TPSA) is 54.0 Å². The van der Waals surface area contributed by atoms with E-state index in [2.05, 4.69) is 15.6 Å². The Hall–Kier alpha value is -2.07. The molecule has 2 aromatic rings. The fourth-order valence-corrected chi connectivity index (χ4v) is 1.67. The van der Waals surface area contributed by atoms with Gasteiger partial charge in [-0.25, -0.2) is 4.98 Å². The van der Waals surface area contributed by atoms with Crippen molar-refractivity contribution in [1.82, 2.24) is 4.98 Å². The molecule has 0 unspecified atom stereocenters.